The molecule has 7 nitrogen and oxygen atoms in total. The van der Waals surface area contributed by atoms with Crippen LogP contribution in [-0.2, 0) is 18.3 Å². The molecule has 0 aliphatic carbocycles. The summed E-state index contributed by atoms with van der Waals surface area (Å²) in [5, 5.41) is 16.2. The predicted molar refractivity (Wildman–Crippen MR) is 84.7 cm³/mol. The van der Waals surface area contributed by atoms with Crippen LogP contribution in [0.1, 0.15) is 24.0 Å². The Morgan fingerprint density at radius 3 is 3.13 bits per heavy atom. The summed E-state index contributed by atoms with van der Waals surface area (Å²) in [7, 11) is 1.96. The van der Waals surface area contributed by atoms with Crippen molar-refractivity contribution in [3.05, 3.63) is 48.2 Å². The van der Waals surface area contributed by atoms with Crippen LogP contribution in [0.2, 0.25) is 0 Å². The van der Waals surface area contributed by atoms with Crippen molar-refractivity contribution in [2.24, 2.45) is 13.0 Å². The van der Waals surface area contributed by atoms with Gasteiger partial charge in [-0.05, 0) is 24.6 Å². The minimum atomic E-state index is 0.116. The van der Waals surface area contributed by atoms with E-state index in [9.17, 15) is 0 Å². The average Bonchev–Trinajstić information content (AvgIpc) is 3.27. The van der Waals surface area contributed by atoms with Gasteiger partial charge in [0.2, 0.25) is 0 Å². The molecule has 0 unspecified atom stereocenters. The number of hydrogen-bond donors (Lipinski definition) is 1. The first-order valence-corrected chi connectivity index (χ1v) is 7.92. The number of rotatable bonds is 5. The van der Waals surface area contributed by atoms with Crippen molar-refractivity contribution >= 4 is 5.65 Å². The number of nitrogens with zero attached hydrogens (tertiary/aromatic N) is 5. The van der Waals surface area contributed by atoms with E-state index in [-0.39, 0.29) is 6.10 Å². The highest BCUT2D eigenvalue weighted by Crippen LogP contribution is 2.33. The summed E-state index contributed by atoms with van der Waals surface area (Å²) >= 11 is 0. The molecule has 1 fully saturated rings. The molecule has 0 saturated carbocycles. The molecular weight excluding hydrogens is 292 g/mol. The number of aromatic nitrogens is 5. The maximum Gasteiger partial charge on any atom is 0.160 e. The molecule has 4 rings (SSSR count). The Bertz CT molecular complexity index is 795. The van der Waals surface area contributed by atoms with Gasteiger partial charge in [-0.15, -0.1) is 10.2 Å². The van der Waals surface area contributed by atoms with Crippen molar-refractivity contribution in [1.82, 2.24) is 29.7 Å². The third-order valence-corrected chi connectivity index (χ3v) is 4.44. The molecule has 0 bridgehead atoms. The molecule has 23 heavy (non-hydrogen) atoms. The highest BCUT2D eigenvalue weighted by Gasteiger charge is 2.31. The van der Waals surface area contributed by atoms with E-state index in [0.717, 1.165) is 36.7 Å². The van der Waals surface area contributed by atoms with Gasteiger partial charge in [0.05, 0.1) is 12.2 Å². The summed E-state index contributed by atoms with van der Waals surface area (Å²) in [6.07, 6.45) is 4.99. The lowest BCUT2D eigenvalue weighted by Gasteiger charge is -2.19. The molecule has 3 aromatic heterocycles. The Labute approximate surface area is 134 Å². The average molecular weight is 312 g/mol. The monoisotopic (exact) mass is 312 g/mol. The van der Waals surface area contributed by atoms with Crippen molar-refractivity contribution in [2.45, 2.75) is 19.1 Å². The summed E-state index contributed by atoms with van der Waals surface area (Å²) in [6, 6.07) is 7.95. The highest BCUT2D eigenvalue weighted by molar-refractivity contribution is 5.36. The van der Waals surface area contributed by atoms with E-state index in [4.69, 9.17) is 4.74 Å². The van der Waals surface area contributed by atoms with Crippen molar-refractivity contribution in [3.8, 4) is 0 Å². The highest BCUT2D eigenvalue weighted by atomic mass is 16.5. The topological polar surface area (TPSA) is 69.3 Å². The van der Waals surface area contributed by atoms with E-state index in [2.05, 4.69) is 20.6 Å². The third-order valence-electron chi connectivity index (χ3n) is 4.44. The van der Waals surface area contributed by atoms with E-state index >= 15 is 0 Å². The molecule has 1 N–H and O–H groups in total. The summed E-state index contributed by atoms with van der Waals surface area (Å²) in [5.74, 6) is 1.38. The number of ether oxygens (including phenoxy) is 1. The Morgan fingerprint density at radius 2 is 2.26 bits per heavy atom. The van der Waals surface area contributed by atoms with Gasteiger partial charge in [-0.2, -0.15) is 5.10 Å². The molecule has 1 aliphatic heterocycles. The van der Waals surface area contributed by atoms with Gasteiger partial charge in [0, 0.05) is 38.5 Å². The Balaban J connectivity index is 1.40. The van der Waals surface area contributed by atoms with Gasteiger partial charge in [-0.3, -0.25) is 9.08 Å². The van der Waals surface area contributed by atoms with Crippen LogP contribution in [0.3, 0.4) is 0 Å². The molecule has 2 atom stereocenters. The smallest absolute Gasteiger partial charge is 0.160 e. The molecule has 7 heteroatoms. The molecule has 4 heterocycles. The Morgan fingerprint density at radius 1 is 1.30 bits per heavy atom. The van der Waals surface area contributed by atoms with Gasteiger partial charge < -0.3 is 10.1 Å². The molecule has 120 valence electrons. The van der Waals surface area contributed by atoms with Crippen LogP contribution in [0.15, 0.2) is 36.7 Å². The molecule has 1 aliphatic rings. The number of fused-ring (bicyclic) bond motifs is 1. The molecule has 0 radical (unpaired) electrons. The van der Waals surface area contributed by atoms with E-state index in [1.807, 2.05) is 52.8 Å². The summed E-state index contributed by atoms with van der Waals surface area (Å²) in [6.45, 7) is 2.38. The van der Waals surface area contributed by atoms with Gasteiger partial charge in [-0.25, -0.2) is 0 Å². The maximum absolute atomic E-state index is 5.91. The quantitative estimate of drug-likeness (QED) is 0.770. The fraction of sp³-hybridized carbons (Fsp3) is 0.438. The lowest BCUT2D eigenvalue weighted by atomic mass is 9.99. The molecule has 0 aromatic carbocycles. The molecule has 1 saturated heterocycles. The summed E-state index contributed by atoms with van der Waals surface area (Å²) in [4.78, 5) is 0. The summed E-state index contributed by atoms with van der Waals surface area (Å²) < 4.78 is 9.82. The Hall–Kier alpha value is -2.25. The predicted octanol–water partition coefficient (Wildman–Crippen LogP) is 1.33. The second-order valence-corrected chi connectivity index (χ2v) is 5.90. The van der Waals surface area contributed by atoms with Gasteiger partial charge in [0.15, 0.2) is 11.5 Å². The number of nitrogens with one attached hydrogen (secondary N) is 1. The minimum absolute atomic E-state index is 0.116. The molecule has 3 aromatic rings. The van der Waals surface area contributed by atoms with E-state index in [0.29, 0.717) is 12.5 Å². The maximum atomic E-state index is 5.91. The van der Waals surface area contributed by atoms with Crippen LogP contribution >= 0.6 is 0 Å². The van der Waals surface area contributed by atoms with Crippen LogP contribution < -0.4 is 5.32 Å². The van der Waals surface area contributed by atoms with Crippen molar-refractivity contribution in [1.29, 1.82) is 0 Å². The van der Waals surface area contributed by atoms with Gasteiger partial charge in [-0.1, -0.05) is 6.07 Å². The van der Waals surface area contributed by atoms with E-state index < -0.39 is 0 Å². The van der Waals surface area contributed by atoms with Crippen LogP contribution in [0.4, 0.5) is 0 Å². The van der Waals surface area contributed by atoms with Gasteiger partial charge in [0.1, 0.15) is 6.10 Å². The van der Waals surface area contributed by atoms with Crippen molar-refractivity contribution in [3.63, 3.8) is 0 Å². The molecule has 0 spiro atoms. The first-order chi connectivity index (χ1) is 11.3. The van der Waals surface area contributed by atoms with E-state index in [1.54, 1.807) is 0 Å². The van der Waals surface area contributed by atoms with Crippen LogP contribution in [-0.4, -0.2) is 37.5 Å². The standard InChI is InChI=1S/C16H20N6O/c1-21-13(5-7-18-21)16-12(6-9-23-16)10-17-11-15-20-19-14-4-2-3-8-22(14)15/h2-5,7-8,12,16-17H,6,9-11H2,1H3/t12-,16+/m0/s1. The zero-order chi connectivity index (χ0) is 15.6. The van der Waals surface area contributed by atoms with Crippen LogP contribution in [0.25, 0.3) is 5.65 Å². The van der Waals surface area contributed by atoms with Crippen LogP contribution in [0.5, 0.6) is 0 Å². The SMILES string of the molecule is Cn1nccc1[C@@H]1OCC[C@H]1CNCc1nnc2ccccn12. The summed E-state index contributed by atoms with van der Waals surface area (Å²) in [5.41, 5.74) is 2.02. The minimum Gasteiger partial charge on any atom is -0.372 e. The fourth-order valence-corrected chi connectivity index (χ4v) is 3.21. The lowest BCUT2D eigenvalue weighted by Crippen LogP contribution is -2.26. The zero-order valence-corrected chi connectivity index (χ0v) is 13.1. The largest absolute Gasteiger partial charge is 0.372 e. The van der Waals surface area contributed by atoms with Crippen LogP contribution in [0, 0.1) is 5.92 Å². The second kappa shape index (κ2) is 6.10. The first-order valence-electron chi connectivity index (χ1n) is 7.92. The van der Waals surface area contributed by atoms with Gasteiger partial charge >= 0.3 is 0 Å². The fourth-order valence-electron chi connectivity index (χ4n) is 3.21. The Kier molecular flexibility index (Phi) is 3.80. The number of aryl methyl sites for hydroxylation is 1. The van der Waals surface area contributed by atoms with E-state index in [1.165, 1.54) is 0 Å². The molecule has 0 amide bonds. The van der Waals surface area contributed by atoms with Crippen molar-refractivity contribution in [2.75, 3.05) is 13.2 Å². The number of pyridine rings is 1. The second-order valence-electron chi connectivity index (χ2n) is 5.90. The lowest BCUT2D eigenvalue weighted by molar-refractivity contribution is 0.0837. The van der Waals surface area contributed by atoms with Crippen molar-refractivity contribution < 1.29 is 4.74 Å². The number of hydrogen-bond acceptors (Lipinski definition) is 5. The zero-order valence-electron chi connectivity index (χ0n) is 13.1. The normalized spacial score (nSPS) is 21.3. The van der Waals surface area contributed by atoms with Gasteiger partial charge in [0.25, 0.3) is 0 Å². The third kappa shape index (κ3) is 2.73. The molecular formula is C16H20N6O. The first kappa shape index (κ1) is 14.3.